The lowest BCUT2D eigenvalue weighted by Gasteiger charge is -2.59. The van der Waals surface area contributed by atoms with Crippen molar-refractivity contribution in [2.75, 3.05) is 0 Å². The molecule has 0 amide bonds. The highest BCUT2D eigenvalue weighted by atomic mass is 16.6. The summed E-state index contributed by atoms with van der Waals surface area (Å²) in [6.07, 6.45) is -7.32. The topological polar surface area (TPSA) is 192 Å². The summed E-state index contributed by atoms with van der Waals surface area (Å²) in [4.78, 5) is 62.7. The monoisotopic (exact) mass is 584 g/mol. The summed E-state index contributed by atoms with van der Waals surface area (Å²) in [5, 5.41) is 35.0. The normalized spacial score (nSPS) is 42.4. The first-order chi connectivity index (χ1) is 18.8. The first-order valence-electron chi connectivity index (χ1n) is 13.5. The van der Waals surface area contributed by atoms with Crippen LogP contribution >= 0.6 is 0 Å². The molecule has 13 heteroatoms. The quantitative estimate of drug-likeness (QED) is 0.235. The van der Waals surface area contributed by atoms with Gasteiger partial charge < -0.3 is 39.0 Å². The van der Waals surface area contributed by atoms with Crippen LogP contribution in [0.2, 0.25) is 0 Å². The fourth-order valence-electron chi connectivity index (χ4n) is 6.88. The van der Waals surface area contributed by atoms with E-state index in [9.17, 15) is 39.3 Å². The molecule has 2 aliphatic carbocycles. The summed E-state index contributed by atoms with van der Waals surface area (Å²) in [7, 11) is 0. The summed E-state index contributed by atoms with van der Waals surface area (Å²) >= 11 is 0. The molecule has 230 valence electrons. The van der Waals surface area contributed by atoms with Gasteiger partial charge in [0.2, 0.25) is 0 Å². The van der Waals surface area contributed by atoms with Crippen molar-refractivity contribution in [3.05, 3.63) is 11.6 Å². The molecule has 0 radical (unpaired) electrons. The summed E-state index contributed by atoms with van der Waals surface area (Å²) in [6.45, 7) is 10.2. The van der Waals surface area contributed by atoms with Crippen LogP contribution in [0.4, 0.5) is 0 Å². The Balaban J connectivity index is 2.50. The third-order valence-electron chi connectivity index (χ3n) is 8.77. The average Bonchev–Trinajstić information content (AvgIpc) is 2.98. The molecule has 11 unspecified atom stereocenters. The van der Waals surface area contributed by atoms with Crippen molar-refractivity contribution in [1.29, 1.82) is 0 Å². The maximum Gasteiger partial charge on any atom is 0.341 e. The maximum absolute atomic E-state index is 13.0. The Morgan fingerprint density at radius 1 is 0.902 bits per heavy atom. The van der Waals surface area contributed by atoms with E-state index in [4.69, 9.17) is 23.7 Å². The van der Waals surface area contributed by atoms with Crippen LogP contribution in [0, 0.1) is 17.3 Å². The van der Waals surface area contributed by atoms with Crippen LogP contribution in [0.3, 0.4) is 0 Å². The molecule has 0 spiro atoms. The molecule has 0 aromatic heterocycles. The van der Waals surface area contributed by atoms with Crippen LogP contribution in [0.15, 0.2) is 11.6 Å². The lowest BCUT2D eigenvalue weighted by Crippen LogP contribution is -2.73. The molecule has 3 rings (SSSR count). The molecule has 0 aromatic rings. The van der Waals surface area contributed by atoms with Gasteiger partial charge in [-0.1, -0.05) is 19.4 Å². The Bertz CT molecular complexity index is 1130. The summed E-state index contributed by atoms with van der Waals surface area (Å²) in [5.41, 5.74) is -6.52. The van der Waals surface area contributed by atoms with Gasteiger partial charge in [0, 0.05) is 46.5 Å². The molecule has 3 aliphatic rings. The van der Waals surface area contributed by atoms with E-state index in [1.807, 2.05) is 0 Å². The average molecular weight is 585 g/mol. The standard InChI is InChI=1S/C28H40O13/c1-12-9-19(37-14(3)29)23(39-16(5)31)26(7)20(38-15(4)30)11-18(33)13(2)22(26)24(40-17(6)32)28(36)21(10-12)41-25(34)27(28,8)35/h10,13,18-24,33,35-36H,9,11H2,1-8H3. The molecule has 41 heavy (non-hydrogen) atoms. The van der Waals surface area contributed by atoms with Crippen molar-refractivity contribution < 1.29 is 63.0 Å². The Morgan fingerprint density at radius 2 is 1.41 bits per heavy atom. The number of hydrogen-bond donors (Lipinski definition) is 3. The predicted octanol–water partition coefficient (Wildman–Crippen LogP) is 0.494. The largest absolute Gasteiger partial charge is 0.462 e. The highest BCUT2D eigenvalue weighted by molar-refractivity contribution is 5.84. The summed E-state index contributed by atoms with van der Waals surface area (Å²) < 4.78 is 28.3. The highest BCUT2D eigenvalue weighted by Crippen LogP contribution is 2.57. The van der Waals surface area contributed by atoms with Gasteiger partial charge in [0.05, 0.1) is 11.5 Å². The van der Waals surface area contributed by atoms with E-state index in [-0.39, 0.29) is 12.8 Å². The minimum Gasteiger partial charge on any atom is -0.462 e. The Morgan fingerprint density at radius 3 is 1.93 bits per heavy atom. The first-order valence-corrected chi connectivity index (χ1v) is 13.5. The van der Waals surface area contributed by atoms with Crippen molar-refractivity contribution in [3.8, 4) is 0 Å². The molecule has 0 bridgehead atoms. The van der Waals surface area contributed by atoms with Gasteiger partial charge in [0.1, 0.15) is 24.4 Å². The maximum atomic E-state index is 13.0. The molecule has 1 heterocycles. The van der Waals surface area contributed by atoms with Gasteiger partial charge in [0.25, 0.3) is 0 Å². The van der Waals surface area contributed by atoms with Crippen molar-refractivity contribution >= 4 is 29.8 Å². The van der Waals surface area contributed by atoms with E-state index < -0.39 is 94.9 Å². The Hall–Kier alpha value is -3.03. The van der Waals surface area contributed by atoms with Crippen molar-refractivity contribution in [1.82, 2.24) is 0 Å². The van der Waals surface area contributed by atoms with E-state index in [1.54, 1.807) is 20.8 Å². The number of aliphatic hydroxyl groups excluding tert-OH is 1. The van der Waals surface area contributed by atoms with Gasteiger partial charge in [-0.2, -0.15) is 0 Å². The second kappa shape index (κ2) is 11.3. The van der Waals surface area contributed by atoms with Crippen LogP contribution < -0.4 is 0 Å². The number of esters is 5. The number of aliphatic hydroxyl groups is 3. The van der Waals surface area contributed by atoms with Gasteiger partial charge >= 0.3 is 29.8 Å². The second-order valence-electron chi connectivity index (χ2n) is 11.8. The molecule has 1 saturated carbocycles. The number of carbonyl (C=O) groups excluding carboxylic acids is 5. The van der Waals surface area contributed by atoms with E-state index in [0.29, 0.717) is 5.57 Å². The molecule has 2 fully saturated rings. The zero-order valence-corrected chi connectivity index (χ0v) is 24.5. The molecular formula is C28H40O13. The number of hydrogen-bond acceptors (Lipinski definition) is 13. The second-order valence-corrected chi connectivity index (χ2v) is 11.8. The molecule has 0 aromatic carbocycles. The van der Waals surface area contributed by atoms with E-state index >= 15 is 0 Å². The van der Waals surface area contributed by atoms with E-state index in [0.717, 1.165) is 34.6 Å². The summed E-state index contributed by atoms with van der Waals surface area (Å²) in [6, 6.07) is 0. The van der Waals surface area contributed by atoms with E-state index in [1.165, 1.54) is 6.08 Å². The smallest absolute Gasteiger partial charge is 0.341 e. The van der Waals surface area contributed by atoms with E-state index in [2.05, 4.69) is 0 Å². The van der Waals surface area contributed by atoms with Crippen LogP contribution in [0.5, 0.6) is 0 Å². The zero-order valence-electron chi connectivity index (χ0n) is 24.5. The van der Waals surface area contributed by atoms with Crippen LogP contribution in [-0.4, -0.2) is 93.0 Å². The SMILES string of the molecule is CC(=O)OC1CC(C)=CC2OC(=O)C(C)(O)C2(O)C(OC(C)=O)C2C(C)C(O)CC(OC(C)=O)C2(C)C1OC(C)=O. The minimum absolute atomic E-state index is 0.0892. The van der Waals surface area contributed by atoms with Crippen molar-refractivity contribution in [2.45, 2.75) is 116 Å². The minimum atomic E-state index is -2.63. The predicted molar refractivity (Wildman–Crippen MR) is 137 cm³/mol. The Labute approximate surface area is 238 Å². The lowest BCUT2D eigenvalue weighted by molar-refractivity contribution is -0.271. The van der Waals surface area contributed by atoms with Crippen molar-refractivity contribution in [2.24, 2.45) is 17.3 Å². The first kappa shape index (κ1) is 32.5. The van der Waals surface area contributed by atoms with Gasteiger partial charge in [-0.3, -0.25) is 19.2 Å². The van der Waals surface area contributed by atoms with Crippen molar-refractivity contribution in [3.63, 3.8) is 0 Å². The lowest BCUT2D eigenvalue weighted by atomic mass is 9.52. The fourth-order valence-corrected chi connectivity index (χ4v) is 6.88. The van der Waals surface area contributed by atoms with Gasteiger partial charge in [0.15, 0.2) is 17.3 Å². The van der Waals surface area contributed by atoms with Gasteiger partial charge in [-0.25, -0.2) is 4.79 Å². The van der Waals surface area contributed by atoms with Crippen LogP contribution in [-0.2, 0) is 47.7 Å². The molecule has 3 N–H and O–H groups in total. The summed E-state index contributed by atoms with van der Waals surface area (Å²) in [5.74, 6) is -6.53. The highest BCUT2D eigenvalue weighted by Gasteiger charge is 2.74. The van der Waals surface area contributed by atoms with Gasteiger partial charge in [-0.05, 0) is 25.8 Å². The number of fused-ring (bicyclic) bond motifs is 2. The fraction of sp³-hybridized carbons (Fsp3) is 0.750. The van der Waals surface area contributed by atoms with Crippen LogP contribution in [0.25, 0.3) is 0 Å². The number of rotatable bonds is 4. The Kier molecular flexibility index (Phi) is 8.98. The molecular weight excluding hydrogens is 544 g/mol. The molecule has 1 aliphatic heterocycles. The number of ether oxygens (including phenoxy) is 5. The van der Waals surface area contributed by atoms with Gasteiger partial charge in [-0.15, -0.1) is 0 Å². The molecule has 11 atom stereocenters. The molecule has 13 nitrogen and oxygen atoms in total. The number of carbonyl (C=O) groups is 5. The van der Waals surface area contributed by atoms with Crippen LogP contribution in [0.1, 0.15) is 68.2 Å². The molecule has 1 saturated heterocycles. The zero-order chi connectivity index (χ0) is 31.2. The third-order valence-corrected chi connectivity index (χ3v) is 8.77. The third kappa shape index (κ3) is 5.59.